The van der Waals surface area contributed by atoms with E-state index in [2.05, 4.69) is 15.6 Å². The van der Waals surface area contributed by atoms with Crippen LogP contribution in [0, 0.1) is 5.92 Å². The summed E-state index contributed by atoms with van der Waals surface area (Å²) in [6.07, 6.45) is -0.183. The highest BCUT2D eigenvalue weighted by Crippen LogP contribution is 2.53. The van der Waals surface area contributed by atoms with Gasteiger partial charge in [0.2, 0.25) is 5.88 Å². The summed E-state index contributed by atoms with van der Waals surface area (Å²) in [6.45, 7) is -0.517. The second-order valence-corrected chi connectivity index (χ2v) is 6.18. The molecule has 3 saturated carbocycles. The van der Waals surface area contributed by atoms with Gasteiger partial charge in [-0.2, -0.15) is 0 Å². The van der Waals surface area contributed by atoms with E-state index in [0.29, 0.717) is 24.8 Å². The molecule has 126 valence electrons. The summed E-state index contributed by atoms with van der Waals surface area (Å²) in [5.41, 5.74) is 0.288. The van der Waals surface area contributed by atoms with Crippen molar-refractivity contribution < 1.29 is 22.7 Å². The van der Waals surface area contributed by atoms with Crippen molar-refractivity contribution in [3.63, 3.8) is 0 Å². The standard InChI is InChI=1S/C15H18F3N3O2/c16-11-6-15(4-10(11)5-15)21-14(22)20-7-9-1-2-19-13(3-9)23-8-12(17)18/h1-3,10-12H,4-8H2,(H2,20,21,22). The van der Waals surface area contributed by atoms with Gasteiger partial charge in [-0.1, -0.05) is 0 Å². The average Bonchev–Trinajstić information content (AvgIpc) is 2.95. The van der Waals surface area contributed by atoms with E-state index in [9.17, 15) is 18.0 Å². The first-order valence-corrected chi connectivity index (χ1v) is 7.52. The summed E-state index contributed by atoms with van der Waals surface area (Å²) in [5.74, 6) is 0.173. The fourth-order valence-electron chi connectivity index (χ4n) is 3.31. The van der Waals surface area contributed by atoms with Crippen LogP contribution in [0.4, 0.5) is 18.0 Å². The summed E-state index contributed by atoms with van der Waals surface area (Å²) in [4.78, 5) is 15.7. The van der Waals surface area contributed by atoms with Gasteiger partial charge in [0.15, 0.2) is 6.61 Å². The predicted octanol–water partition coefficient (Wildman–Crippen LogP) is 2.42. The van der Waals surface area contributed by atoms with Gasteiger partial charge in [0.25, 0.3) is 6.43 Å². The van der Waals surface area contributed by atoms with Crippen molar-refractivity contribution in [1.82, 2.24) is 15.6 Å². The van der Waals surface area contributed by atoms with E-state index < -0.39 is 24.7 Å². The maximum atomic E-state index is 13.4. The zero-order chi connectivity index (χ0) is 16.4. The van der Waals surface area contributed by atoms with E-state index in [1.165, 1.54) is 12.3 Å². The molecule has 3 aliphatic carbocycles. The number of carbonyl (C=O) groups excluding carboxylic acids is 1. The van der Waals surface area contributed by atoms with Crippen LogP contribution in [0.15, 0.2) is 18.3 Å². The van der Waals surface area contributed by atoms with Crippen LogP contribution in [0.1, 0.15) is 24.8 Å². The molecule has 3 fully saturated rings. The monoisotopic (exact) mass is 329 g/mol. The zero-order valence-electron chi connectivity index (χ0n) is 12.4. The number of nitrogens with one attached hydrogen (secondary N) is 2. The van der Waals surface area contributed by atoms with Gasteiger partial charge >= 0.3 is 6.03 Å². The molecule has 23 heavy (non-hydrogen) atoms. The van der Waals surface area contributed by atoms with Gasteiger partial charge in [0.1, 0.15) is 6.17 Å². The molecule has 2 bridgehead atoms. The number of ether oxygens (including phenoxy) is 1. The maximum absolute atomic E-state index is 13.4. The van der Waals surface area contributed by atoms with Crippen LogP contribution in [0.2, 0.25) is 0 Å². The van der Waals surface area contributed by atoms with E-state index in [4.69, 9.17) is 4.74 Å². The predicted molar refractivity (Wildman–Crippen MR) is 76.1 cm³/mol. The second kappa shape index (κ2) is 6.25. The Morgan fingerprint density at radius 2 is 2.22 bits per heavy atom. The van der Waals surface area contributed by atoms with Crippen LogP contribution in [0.5, 0.6) is 5.88 Å². The van der Waals surface area contributed by atoms with E-state index in [1.807, 2.05) is 0 Å². The highest BCUT2D eigenvalue weighted by atomic mass is 19.3. The van der Waals surface area contributed by atoms with Crippen LogP contribution in [-0.4, -0.2) is 35.8 Å². The van der Waals surface area contributed by atoms with Gasteiger partial charge in [-0.05, 0) is 30.4 Å². The second-order valence-electron chi connectivity index (χ2n) is 6.18. The lowest BCUT2D eigenvalue weighted by molar-refractivity contribution is 0.0795. The topological polar surface area (TPSA) is 63.2 Å². The third-order valence-corrected chi connectivity index (χ3v) is 4.39. The molecule has 1 atom stereocenters. The van der Waals surface area contributed by atoms with Crippen LogP contribution in [-0.2, 0) is 6.54 Å². The number of halogens is 3. The Labute approximate surface area is 131 Å². The van der Waals surface area contributed by atoms with Gasteiger partial charge in [-0.25, -0.2) is 22.9 Å². The number of rotatable bonds is 6. The molecule has 0 saturated heterocycles. The van der Waals surface area contributed by atoms with E-state index in [1.54, 1.807) is 6.07 Å². The Morgan fingerprint density at radius 1 is 1.43 bits per heavy atom. The molecule has 4 rings (SSSR count). The van der Waals surface area contributed by atoms with Crippen molar-refractivity contribution in [2.45, 2.75) is 43.9 Å². The molecule has 1 aromatic rings. The Morgan fingerprint density at radius 3 is 2.87 bits per heavy atom. The molecule has 0 aromatic carbocycles. The maximum Gasteiger partial charge on any atom is 0.315 e. The molecule has 1 heterocycles. The van der Waals surface area contributed by atoms with E-state index in [-0.39, 0.29) is 24.4 Å². The Hall–Kier alpha value is -1.99. The number of fused-ring (bicyclic) bond motifs is 1. The summed E-state index contributed by atoms with van der Waals surface area (Å²) < 4.78 is 42.4. The van der Waals surface area contributed by atoms with Crippen molar-refractivity contribution in [2.75, 3.05) is 6.61 Å². The minimum absolute atomic E-state index is 0.0847. The molecular weight excluding hydrogens is 311 g/mol. The molecular formula is C15H18F3N3O2. The van der Waals surface area contributed by atoms with E-state index >= 15 is 0 Å². The number of urea groups is 1. The molecule has 2 amide bonds. The Kier molecular flexibility index (Phi) is 4.32. The van der Waals surface area contributed by atoms with Crippen molar-refractivity contribution in [3.8, 4) is 5.88 Å². The lowest BCUT2D eigenvalue weighted by atomic mass is 9.77. The summed E-state index contributed by atoms with van der Waals surface area (Å²) in [6, 6.07) is 2.79. The van der Waals surface area contributed by atoms with Crippen LogP contribution in [0.25, 0.3) is 0 Å². The first-order valence-electron chi connectivity index (χ1n) is 7.52. The van der Waals surface area contributed by atoms with Crippen molar-refractivity contribution in [3.05, 3.63) is 23.9 Å². The van der Waals surface area contributed by atoms with Gasteiger partial charge in [0.05, 0.1) is 0 Å². The van der Waals surface area contributed by atoms with Crippen molar-refractivity contribution in [2.24, 2.45) is 5.92 Å². The first kappa shape index (κ1) is 15.9. The molecule has 3 aliphatic rings. The quantitative estimate of drug-likeness (QED) is 0.842. The number of hydrogen-bond donors (Lipinski definition) is 2. The number of pyridine rings is 1. The molecule has 0 aliphatic heterocycles. The molecule has 0 spiro atoms. The summed E-state index contributed by atoms with van der Waals surface area (Å²) in [7, 11) is 0. The molecule has 8 heteroatoms. The van der Waals surface area contributed by atoms with Crippen LogP contribution >= 0.6 is 0 Å². The summed E-state index contributed by atoms with van der Waals surface area (Å²) >= 11 is 0. The van der Waals surface area contributed by atoms with E-state index in [0.717, 1.165) is 0 Å². The third kappa shape index (κ3) is 3.68. The molecule has 1 aromatic heterocycles. The number of alkyl halides is 3. The largest absolute Gasteiger partial charge is 0.472 e. The molecule has 2 N–H and O–H groups in total. The average molecular weight is 329 g/mol. The zero-order valence-corrected chi connectivity index (χ0v) is 12.4. The number of aromatic nitrogens is 1. The number of carbonyl (C=O) groups is 1. The third-order valence-electron chi connectivity index (χ3n) is 4.39. The number of amides is 2. The minimum Gasteiger partial charge on any atom is -0.472 e. The lowest BCUT2D eigenvalue weighted by Gasteiger charge is -2.38. The first-order chi connectivity index (χ1) is 11.0. The van der Waals surface area contributed by atoms with Crippen LogP contribution in [0.3, 0.4) is 0 Å². The lowest BCUT2D eigenvalue weighted by Crippen LogP contribution is -2.54. The molecule has 5 nitrogen and oxygen atoms in total. The molecule has 0 radical (unpaired) electrons. The summed E-state index contributed by atoms with van der Waals surface area (Å²) in [5, 5.41) is 5.52. The van der Waals surface area contributed by atoms with Gasteiger partial charge in [-0.15, -0.1) is 0 Å². The van der Waals surface area contributed by atoms with Crippen molar-refractivity contribution >= 4 is 6.03 Å². The minimum atomic E-state index is -2.57. The van der Waals surface area contributed by atoms with Gasteiger partial charge in [-0.3, -0.25) is 0 Å². The van der Waals surface area contributed by atoms with Crippen molar-refractivity contribution in [1.29, 1.82) is 0 Å². The van der Waals surface area contributed by atoms with Crippen LogP contribution < -0.4 is 15.4 Å². The fourth-order valence-corrected chi connectivity index (χ4v) is 3.31. The highest BCUT2D eigenvalue weighted by molar-refractivity contribution is 5.75. The smallest absolute Gasteiger partial charge is 0.315 e. The SMILES string of the molecule is O=C(NCc1ccnc(OCC(F)F)c1)NC12CC(F)C(C1)C2. The fraction of sp³-hybridized carbons (Fsp3) is 0.600. The van der Waals surface area contributed by atoms with Gasteiger partial charge in [0, 0.05) is 30.8 Å². The number of hydrogen-bond acceptors (Lipinski definition) is 3. The Balaban J connectivity index is 1.46. The highest BCUT2D eigenvalue weighted by Gasteiger charge is 2.57. The normalized spacial score (nSPS) is 28.3. The number of nitrogens with zero attached hydrogens (tertiary/aromatic N) is 1. The molecule has 1 unspecified atom stereocenters. The van der Waals surface area contributed by atoms with Gasteiger partial charge < -0.3 is 15.4 Å². The Bertz CT molecular complexity index is 579.